The maximum atomic E-state index is 12.5. The second kappa shape index (κ2) is 7.14. The van der Waals surface area contributed by atoms with Crippen LogP contribution in [0.4, 0.5) is 0 Å². The van der Waals surface area contributed by atoms with Gasteiger partial charge in [0.05, 0.1) is 9.70 Å². The second-order valence-corrected chi connectivity index (χ2v) is 9.77. The van der Waals surface area contributed by atoms with E-state index in [1.807, 2.05) is 0 Å². The first kappa shape index (κ1) is 18.2. The van der Waals surface area contributed by atoms with Gasteiger partial charge in [0.15, 0.2) is 0 Å². The quantitative estimate of drug-likeness (QED) is 0.776. The van der Waals surface area contributed by atoms with Gasteiger partial charge in [0.25, 0.3) is 10.0 Å². The minimum absolute atomic E-state index is 0. The Morgan fingerprint density at radius 2 is 1.86 bits per heavy atom. The van der Waals surface area contributed by atoms with E-state index in [1.54, 1.807) is 17.0 Å². The van der Waals surface area contributed by atoms with E-state index in [9.17, 15) is 13.2 Å². The van der Waals surface area contributed by atoms with Crippen LogP contribution in [0.25, 0.3) is 0 Å². The number of rotatable bonds is 3. The first-order valence-corrected chi connectivity index (χ1v) is 9.78. The average molecular weight is 431 g/mol. The lowest BCUT2D eigenvalue weighted by molar-refractivity contribution is -0.138. The van der Waals surface area contributed by atoms with Crippen molar-refractivity contribution in [2.75, 3.05) is 39.3 Å². The summed E-state index contributed by atoms with van der Waals surface area (Å²) in [5.74, 6) is 0.214. The number of nitrogens with zero attached hydrogens (tertiary/aromatic N) is 2. The number of carbonyl (C=O) groups excluding carboxylic acids is 1. The SMILES string of the molecule is Cl.O=C(C1CNC1)N1CCN(S(=O)(=O)c2ccc(Br)s2)CC1. The van der Waals surface area contributed by atoms with Crippen molar-refractivity contribution in [2.24, 2.45) is 5.92 Å². The summed E-state index contributed by atoms with van der Waals surface area (Å²) in [6.45, 7) is 3.15. The molecule has 0 aromatic carbocycles. The fourth-order valence-corrected chi connectivity index (χ4v) is 6.02. The van der Waals surface area contributed by atoms with Gasteiger partial charge in [0.1, 0.15) is 4.21 Å². The third kappa shape index (κ3) is 3.49. The predicted molar refractivity (Wildman–Crippen MR) is 91.0 cm³/mol. The molecule has 2 saturated heterocycles. The van der Waals surface area contributed by atoms with Crippen molar-refractivity contribution in [1.29, 1.82) is 0 Å². The number of sulfonamides is 1. The fourth-order valence-electron chi connectivity index (χ4n) is 2.43. The van der Waals surface area contributed by atoms with Gasteiger partial charge in [0.2, 0.25) is 5.91 Å². The number of piperazine rings is 1. The average Bonchev–Trinajstić information content (AvgIpc) is 2.84. The maximum absolute atomic E-state index is 12.5. The van der Waals surface area contributed by atoms with Gasteiger partial charge in [0, 0.05) is 39.3 Å². The van der Waals surface area contributed by atoms with E-state index in [4.69, 9.17) is 0 Å². The fraction of sp³-hybridized carbons (Fsp3) is 0.583. The molecule has 0 saturated carbocycles. The molecular formula is C12H17BrClN3O3S2. The molecule has 0 bridgehead atoms. The van der Waals surface area contributed by atoms with Crippen LogP contribution in [0.2, 0.25) is 0 Å². The van der Waals surface area contributed by atoms with Crippen LogP contribution in [0.15, 0.2) is 20.1 Å². The first-order valence-electron chi connectivity index (χ1n) is 6.73. The lowest BCUT2D eigenvalue weighted by Crippen LogP contribution is -2.57. The lowest BCUT2D eigenvalue weighted by atomic mass is 10.0. The molecule has 0 spiro atoms. The van der Waals surface area contributed by atoms with Crippen molar-refractivity contribution in [3.8, 4) is 0 Å². The van der Waals surface area contributed by atoms with Crippen LogP contribution >= 0.6 is 39.7 Å². The van der Waals surface area contributed by atoms with Crippen LogP contribution in [0.3, 0.4) is 0 Å². The highest BCUT2D eigenvalue weighted by molar-refractivity contribution is 9.11. The van der Waals surface area contributed by atoms with Crippen molar-refractivity contribution in [3.05, 3.63) is 15.9 Å². The molecule has 1 N–H and O–H groups in total. The topological polar surface area (TPSA) is 69.7 Å². The minimum Gasteiger partial charge on any atom is -0.340 e. The molecule has 2 aliphatic rings. The largest absolute Gasteiger partial charge is 0.340 e. The molecule has 2 fully saturated rings. The molecule has 2 aliphatic heterocycles. The molecule has 0 unspecified atom stereocenters. The zero-order valence-corrected chi connectivity index (χ0v) is 15.7. The molecule has 1 aromatic heterocycles. The Morgan fingerprint density at radius 1 is 1.23 bits per heavy atom. The van der Waals surface area contributed by atoms with Gasteiger partial charge < -0.3 is 10.2 Å². The monoisotopic (exact) mass is 429 g/mol. The summed E-state index contributed by atoms with van der Waals surface area (Å²) in [5.41, 5.74) is 0. The van der Waals surface area contributed by atoms with Crippen molar-refractivity contribution in [2.45, 2.75) is 4.21 Å². The Morgan fingerprint density at radius 3 is 2.32 bits per heavy atom. The van der Waals surface area contributed by atoms with E-state index >= 15 is 0 Å². The molecule has 0 radical (unpaired) electrons. The van der Waals surface area contributed by atoms with Gasteiger partial charge in [-0.2, -0.15) is 4.31 Å². The van der Waals surface area contributed by atoms with E-state index in [1.165, 1.54) is 15.6 Å². The smallest absolute Gasteiger partial charge is 0.252 e. The van der Waals surface area contributed by atoms with Crippen molar-refractivity contribution in [3.63, 3.8) is 0 Å². The molecule has 1 aromatic rings. The molecular weight excluding hydrogens is 414 g/mol. The zero-order chi connectivity index (χ0) is 15.0. The number of thiophene rings is 1. The van der Waals surface area contributed by atoms with Crippen molar-refractivity contribution < 1.29 is 13.2 Å². The highest BCUT2D eigenvalue weighted by atomic mass is 79.9. The number of hydrogen-bond donors (Lipinski definition) is 1. The van der Waals surface area contributed by atoms with Gasteiger partial charge in [-0.05, 0) is 28.1 Å². The number of hydrogen-bond acceptors (Lipinski definition) is 5. The van der Waals surface area contributed by atoms with Crippen LogP contribution in [-0.2, 0) is 14.8 Å². The Kier molecular flexibility index (Phi) is 5.89. The number of carbonyl (C=O) groups is 1. The molecule has 124 valence electrons. The highest BCUT2D eigenvalue weighted by Gasteiger charge is 2.34. The molecule has 1 amide bonds. The molecule has 0 atom stereocenters. The highest BCUT2D eigenvalue weighted by Crippen LogP contribution is 2.29. The van der Waals surface area contributed by atoms with E-state index in [-0.39, 0.29) is 24.2 Å². The summed E-state index contributed by atoms with van der Waals surface area (Å²) in [5, 5.41) is 3.08. The van der Waals surface area contributed by atoms with Crippen LogP contribution in [0.1, 0.15) is 0 Å². The Hall–Kier alpha value is -0.190. The molecule has 3 heterocycles. The van der Waals surface area contributed by atoms with Crippen LogP contribution < -0.4 is 5.32 Å². The summed E-state index contributed by atoms with van der Waals surface area (Å²) in [4.78, 5) is 13.9. The molecule has 6 nitrogen and oxygen atoms in total. The van der Waals surface area contributed by atoms with E-state index in [0.29, 0.717) is 30.4 Å². The van der Waals surface area contributed by atoms with Gasteiger partial charge in [-0.25, -0.2) is 8.42 Å². The van der Waals surface area contributed by atoms with Gasteiger partial charge in [-0.1, -0.05) is 0 Å². The molecule has 3 rings (SSSR count). The number of nitrogens with one attached hydrogen (secondary N) is 1. The normalized spacial score (nSPS) is 20.3. The van der Waals surface area contributed by atoms with Gasteiger partial charge >= 0.3 is 0 Å². The lowest BCUT2D eigenvalue weighted by Gasteiger charge is -2.37. The minimum atomic E-state index is -3.43. The number of amides is 1. The van der Waals surface area contributed by atoms with E-state index < -0.39 is 10.0 Å². The summed E-state index contributed by atoms with van der Waals surface area (Å²) in [6, 6.07) is 3.35. The van der Waals surface area contributed by atoms with Crippen LogP contribution in [-0.4, -0.2) is 62.8 Å². The predicted octanol–water partition coefficient (Wildman–Crippen LogP) is 0.985. The van der Waals surface area contributed by atoms with Gasteiger partial charge in [-0.15, -0.1) is 23.7 Å². The summed E-state index contributed by atoms with van der Waals surface area (Å²) in [6.07, 6.45) is 0. The standard InChI is InChI=1S/C12H16BrN3O3S2.ClH/c13-10-1-2-11(20-10)21(18,19)16-5-3-15(4-6-16)12(17)9-7-14-8-9;/h1-2,9,14H,3-8H2;1H. The second-order valence-electron chi connectivity index (χ2n) is 5.14. The van der Waals surface area contributed by atoms with E-state index in [0.717, 1.165) is 16.9 Å². The zero-order valence-electron chi connectivity index (χ0n) is 11.7. The summed E-state index contributed by atoms with van der Waals surface area (Å²) >= 11 is 4.50. The van der Waals surface area contributed by atoms with Gasteiger partial charge in [-0.3, -0.25) is 4.79 Å². The van der Waals surface area contributed by atoms with E-state index in [2.05, 4.69) is 21.2 Å². The van der Waals surface area contributed by atoms with Crippen molar-refractivity contribution >= 4 is 55.6 Å². The third-order valence-electron chi connectivity index (χ3n) is 3.82. The maximum Gasteiger partial charge on any atom is 0.252 e. The Balaban J connectivity index is 0.00000176. The third-order valence-corrected chi connectivity index (χ3v) is 7.81. The first-order chi connectivity index (χ1) is 9.98. The molecule has 0 aliphatic carbocycles. The van der Waals surface area contributed by atoms with Crippen LogP contribution in [0, 0.1) is 5.92 Å². The Labute approximate surface area is 148 Å². The van der Waals surface area contributed by atoms with Crippen molar-refractivity contribution in [1.82, 2.24) is 14.5 Å². The summed E-state index contributed by atoms with van der Waals surface area (Å²) in [7, 11) is -3.43. The molecule has 10 heteroatoms. The number of halogens is 2. The van der Waals surface area contributed by atoms with Crippen LogP contribution in [0.5, 0.6) is 0 Å². The molecule has 22 heavy (non-hydrogen) atoms. The Bertz CT molecular complexity index is 640. The summed E-state index contributed by atoms with van der Waals surface area (Å²) < 4.78 is 27.6.